The average molecular weight is 329 g/mol. The van der Waals surface area contributed by atoms with E-state index >= 15 is 0 Å². The zero-order chi connectivity index (χ0) is 15.3. The number of nitrogens with two attached hydrogens (primary N) is 1. The molecule has 0 bridgehead atoms. The monoisotopic (exact) mass is 328 g/mol. The van der Waals surface area contributed by atoms with E-state index in [-0.39, 0.29) is 30.5 Å². The molecule has 6 heteroatoms. The van der Waals surface area contributed by atoms with Gasteiger partial charge < -0.3 is 20.5 Å². The van der Waals surface area contributed by atoms with Crippen LogP contribution in [0.25, 0.3) is 0 Å². The Kier molecular flexibility index (Phi) is 7.13. The minimum Gasteiger partial charge on any atom is -0.486 e. The smallest absolute Gasteiger partial charge is 0.249 e. The molecule has 0 aromatic heterocycles. The summed E-state index contributed by atoms with van der Waals surface area (Å²) in [5.74, 6) is 0.702. The van der Waals surface area contributed by atoms with Crippen LogP contribution in [0.4, 0.5) is 0 Å². The lowest BCUT2D eigenvalue weighted by molar-refractivity contribution is -0.132. The summed E-state index contributed by atoms with van der Waals surface area (Å²) in [7, 11) is 0. The van der Waals surface area contributed by atoms with Gasteiger partial charge in [0.25, 0.3) is 0 Å². The number of halogens is 1. The third kappa shape index (κ3) is 5.48. The zero-order valence-electron chi connectivity index (χ0n) is 13.1. The summed E-state index contributed by atoms with van der Waals surface area (Å²) in [5, 5.41) is 2.90. The number of hydrogen-bond acceptors (Lipinski definition) is 4. The van der Waals surface area contributed by atoms with Crippen molar-refractivity contribution in [3.05, 3.63) is 30.3 Å². The fourth-order valence-corrected chi connectivity index (χ4v) is 2.33. The lowest BCUT2D eigenvalue weighted by Gasteiger charge is -2.27. The van der Waals surface area contributed by atoms with E-state index in [1.165, 1.54) is 0 Å². The molecule has 0 unspecified atom stereocenters. The van der Waals surface area contributed by atoms with Gasteiger partial charge in [-0.3, -0.25) is 4.79 Å². The highest BCUT2D eigenvalue weighted by atomic mass is 35.5. The van der Waals surface area contributed by atoms with E-state index in [9.17, 15) is 4.79 Å². The maximum atomic E-state index is 12.1. The Balaban J connectivity index is 0.00000242. The highest BCUT2D eigenvalue weighted by molar-refractivity contribution is 5.85. The molecule has 2 atom stereocenters. The van der Waals surface area contributed by atoms with Gasteiger partial charge >= 0.3 is 0 Å². The summed E-state index contributed by atoms with van der Waals surface area (Å²) in [6.07, 6.45) is 1.20. The molecule has 1 saturated heterocycles. The van der Waals surface area contributed by atoms with Gasteiger partial charge in [-0.2, -0.15) is 0 Å². The molecule has 124 valence electrons. The van der Waals surface area contributed by atoms with Crippen molar-refractivity contribution in [1.82, 2.24) is 5.32 Å². The molecule has 0 saturated carbocycles. The van der Waals surface area contributed by atoms with Gasteiger partial charge in [0, 0.05) is 6.54 Å². The Hall–Kier alpha value is -1.30. The first-order chi connectivity index (χ1) is 10.00. The third-order valence-corrected chi connectivity index (χ3v) is 3.49. The van der Waals surface area contributed by atoms with Crippen molar-refractivity contribution in [3.63, 3.8) is 0 Å². The Bertz CT molecular complexity index is 468. The first-order valence-electron chi connectivity index (χ1n) is 7.37. The molecule has 5 nitrogen and oxygen atoms in total. The molecule has 0 radical (unpaired) electrons. The predicted octanol–water partition coefficient (Wildman–Crippen LogP) is 1.89. The van der Waals surface area contributed by atoms with E-state index in [1.54, 1.807) is 0 Å². The lowest BCUT2D eigenvalue weighted by Crippen LogP contribution is -2.46. The van der Waals surface area contributed by atoms with Crippen LogP contribution in [0.2, 0.25) is 0 Å². The molecule has 1 amide bonds. The molecule has 2 rings (SSSR count). The van der Waals surface area contributed by atoms with Crippen LogP contribution in [-0.4, -0.2) is 36.8 Å². The van der Waals surface area contributed by atoms with Crippen LogP contribution in [0.15, 0.2) is 30.3 Å². The van der Waals surface area contributed by atoms with Crippen molar-refractivity contribution >= 4 is 18.3 Å². The molecule has 1 heterocycles. The predicted molar refractivity (Wildman–Crippen MR) is 88.4 cm³/mol. The normalized spacial score (nSPS) is 21.0. The van der Waals surface area contributed by atoms with Crippen molar-refractivity contribution in [2.45, 2.75) is 44.5 Å². The van der Waals surface area contributed by atoms with Gasteiger partial charge in [-0.15, -0.1) is 12.4 Å². The van der Waals surface area contributed by atoms with Crippen LogP contribution < -0.4 is 15.8 Å². The summed E-state index contributed by atoms with van der Waals surface area (Å²) in [6, 6.07) is 9.57. The molecule has 0 aliphatic carbocycles. The number of amides is 1. The number of rotatable bonds is 6. The largest absolute Gasteiger partial charge is 0.486 e. The van der Waals surface area contributed by atoms with Crippen molar-refractivity contribution in [2.75, 3.05) is 13.1 Å². The van der Waals surface area contributed by atoms with Gasteiger partial charge in [0.2, 0.25) is 5.91 Å². The van der Waals surface area contributed by atoms with Gasteiger partial charge in [-0.1, -0.05) is 18.2 Å². The summed E-state index contributed by atoms with van der Waals surface area (Å²) in [4.78, 5) is 12.1. The number of carbonyl (C=O) groups excluding carboxylic acids is 1. The maximum Gasteiger partial charge on any atom is 0.249 e. The van der Waals surface area contributed by atoms with Gasteiger partial charge in [0.15, 0.2) is 0 Å². The van der Waals surface area contributed by atoms with E-state index in [0.29, 0.717) is 13.1 Å². The molecule has 1 aliphatic rings. The topological polar surface area (TPSA) is 73.6 Å². The fraction of sp³-hybridized carbons (Fsp3) is 0.562. The highest BCUT2D eigenvalue weighted by Gasteiger charge is 2.31. The van der Waals surface area contributed by atoms with Crippen molar-refractivity contribution < 1.29 is 14.3 Å². The second-order valence-electron chi connectivity index (χ2n) is 5.95. The standard InChI is InChI=1S/C16H24N2O3.ClH/c1-16(2,21-12-6-4-3-5-7-12)11-18-15(19)14-9-8-13(10-17)20-14;/h3-7,13-14H,8-11,17H2,1-2H3,(H,18,19);1H/t13-,14+;/m1./s1. The first-order valence-corrected chi connectivity index (χ1v) is 7.37. The molecule has 22 heavy (non-hydrogen) atoms. The molecular formula is C16H25ClN2O3. The number of para-hydroxylation sites is 1. The molecule has 3 N–H and O–H groups in total. The number of benzene rings is 1. The van der Waals surface area contributed by atoms with Crippen LogP contribution >= 0.6 is 12.4 Å². The summed E-state index contributed by atoms with van der Waals surface area (Å²) < 4.78 is 11.5. The molecule has 0 spiro atoms. The van der Waals surface area contributed by atoms with E-state index < -0.39 is 5.60 Å². The minimum absolute atomic E-state index is 0. The molecular weight excluding hydrogens is 304 g/mol. The van der Waals surface area contributed by atoms with Gasteiger partial charge in [-0.25, -0.2) is 0 Å². The SMILES string of the molecule is CC(C)(CNC(=O)[C@@H]1CC[C@H](CN)O1)Oc1ccccc1.Cl. The summed E-state index contributed by atoms with van der Waals surface area (Å²) in [5.41, 5.74) is 5.07. The van der Waals surface area contributed by atoms with Crippen LogP contribution in [0.1, 0.15) is 26.7 Å². The molecule has 1 aromatic rings. The van der Waals surface area contributed by atoms with Crippen molar-refractivity contribution in [3.8, 4) is 5.75 Å². The van der Waals surface area contributed by atoms with Crippen LogP contribution in [0, 0.1) is 0 Å². The summed E-state index contributed by atoms with van der Waals surface area (Å²) in [6.45, 7) is 4.78. The number of ether oxygens (including phenoxy) is 2. The lowest BCUT2D eigenvalue weighted by atomic mass is 10.1. The number of nitrogens with one attached hydrogen (secondary N) is 1. The fourth-order valence-electron chi connectivity index (χ4n) is 2.33. The zero-order valence-corrected chi connectivity index (χ0v) is 13.9. The molecule has 1 aliphatic heterocycles. The maximum absolute atomic E-state index is 12.1. The van der Waals surface area contributed by atoms with Crippen LogP contribution in [-0.2, 0) is 9.53 Å². The van der Waals surface area contributed by atoms with Crippen molar-refractivity contribution in [2.24, 2.45) is 5.73 Å². The first kappa shape index (κ1) is 18.7. The number of hydrogen-bond donors (Lipinski definition) is 2. The van der Waals surface area contributed by atoms with Crippen LogP contribution in [0.5, 0.6) is 5.75 Å². The second-order valence-corrected chi connectivity index (χ2v) is 5.95. The highest BCUT2D eigenvalue weighted by Crippen LogP contribution is 2.20. The Morgan fingerprint density at radius 1 is 1.36 bits per heavy atom. The third-order valence-electron chi connectivity index (χ3n) is 3.49. The molecule has 1 aromatic carbocycles. The second kappa shape index (κ2) is 8.36. The quantitative estimate of drug-likeness (QED) is 0.836. The molecule has 1 fully saturated rings. The van der Waals surface area contributed by atoms with Gasteiger partial charge in [0.05, 0.1) is 12.6 Å². The van der Waals surface area contributed by atoms with E-state index in [1.807, 2.05) is 44.2 Å². The van der Waals surface area contributed by atoms with E-state index in [4.69, 9.17) is 15.2 Å². The van der Waals surface area contributed by atoms with Crippen LogP contribution in [0.3, 0.4) is 0 Å². The average Bonchev–Trinajstić information content (AvgIpc) is 2.94. The Morgan fingerprint density at radius 3 is 2.64 bits per heavy atom. The van der Waals surface area contributed by atoms with Gasteiger partial charge in [-0.05, 0) is 38.8 Å². The summed E-state index contributed by atoms with van der Waals surface area (Å²) >= 11 is 0. The number of carbonyl (C=O) groups is 1. The van der Waals surface area contributed by atoms with Crippen molar-refractivity contribution in [1.29, 1.82) is 0 Å². The van der Waals surface area contributed by atoms with E-state index in [0.717, 1.165) is 18.6 Å². The Labute approximate surface area is 138 Å². The van der Waals surface area contributed by atoms with E-state index in [2.05, 4.69) is 5.32 Å². The van der Waals surface area contributed by atoms with Gasteiger partial charge in [0.1, 0.15) is 17.5 Å². The minimum atomic E-state index is -0.483. The Morgan fingerprint density at radius 2 is 2.05 bits per heavy atom.